The van der Waals surface area contributed by atoms with Crippen LogP contribution in [-0.2, 0) is 9.47 Å². The van der Waals surface area contributed by atoms with E-state index in [1.807, 2.05) is 6.07 Å². The summed E-state index contributed by atoms with van der Waals surface area (Å²) in [4.78, 5) is 18.9. The highest BCUT2D eigenvalue weighted by molar-refractivity contribution is 5.88. The van der Waals surface area contributed by atoms with Crippen LogP contribution in [0.5, 0.6) is 0 Å². The third-order valence-corrected chi connectivity index (χ3v) is 5.22. The van der Waals surface area contributed by atoms with Crippen LogP contribution in [0.15, 0.2) is 18.3 Å². The number of rotatable bonds is 2. The zero-order chi connectivity index (χ0) is 15.9. The summed E-state index contributed by atoms with van der Waals surface area (Å²) in [5, 5.41) is 1.02. The molecule has 3 aliphatic rings. The van der Waals surface area contributed by atoms with Gasteiger partial charge in [-0.1, -0.05) is 0 Å². The molecule has 5 rings (SSSR count). The van der Waals surface area contributed by atoms with Gasteiger partial charge < -0.3 is 19.3 Å². The molecular weight excluding hydrogens is 306 g/mol. The summed E-state index contributed by atoms with van der Waals surface area (Å²) < 4.78 is 11.2. The summed E-state index contributed by atoms with van der Waals surface area (Å²) in [6.45, 7) is 4.74. The van der Waals surface area contributed by atoms with E-state index in [0.717, 1.165) is 75.2 Å². The van der Waals surface area contributed by atoms with Crippen LogP contribution >= 0.6 is 0 Å². The van der Waals surface area contributed by atoms with Gasteiger partial charge in [0, 0.05) is 19.3 Å². The Hall–Kier alpha value is -1.99. The lowest BCUT2D eigenvalue weighted by Gasteiger charge is -2.35. The van der Waals surface area contributed by atoms with Crippen LogP contribution in [0.1, 0.15) is 12.8 Å². The van der Waals surface area contributed by atoms with E-state index < -0.39 is 0 Å². The molecule has 0 spiro atoms. The maximum atomic E-state index is 5.70. The molecule has 0 aliphatic carbocycles. The number of aromatic nitrogens is 3. The van der Waals surface area contributed by atoms with Crippen molar-refractivity contribution in [3.8, 4) is 0 Å². The first kappa shape index (κ1) is 14.4. The van der Waals surface area contributed by atoms with Gasteiger partial charge in [0.15, 0.2) is 5.65 Å². The molecule has 0 radical (unpaired) electrons. The number of anilines is 2. The average molecular weight is 327 g/mol. The molecule has 24 heavy (non-hydrogen) atoms. The molecule has 3 fully saturated rings. The molecular formula is C17H21N5O2. The zero-order valence-corrected chi connectivity index (χ0v) is 13.6. The summed E-state index contributed by atoms with van der Waals surface area (Å²) in [6, 6.07) is 4.79. The van der Waals surface area contributed by atoms with E-state index in [1.165, 1.54) is 0 Å². The van der Waals surface area contributed by atoms with Gasteiger partial charge in [-0.2, -0.15) is 9.97 Å². The highest BCUT2D eigenvalue weighted by Gasteiger charge is 2.39. The Labute approximate surface area is 140 Å². The molecule has 0 N–H and O–H groups in total. The third-order valence-electron chi connectivity index (χ3n) is 5.22. The smallest absolute Gasteiger partial charge is 0.230 e. The summed E-state index contributed by atoms with van der Waals surface area (Å²) in [6.07, 6.45) is 4.11. The number of fused-ring (bicyclic) bond motifs is 3. The maximum Gasteiger partial charge on any atom is 0.230 e. The normalized spacial score (nSPS) is 27.0. The van der Waals surface area contributed by atoms with Crippen molar-refractivity contribution in [1.82, 2.24) is 15.0 Å². The molecule has 126 valence electrons. The molecule has 2 aromatic rings. The number of hydrogen-bond acceptors (Lipinski definition) is 7. The summed E-state index contributed by atoms with van der Waals surface area (Å²) in [5.41, 5.74) is 0.773. The predicted octanol–water partition coefficient (Wildman–Crippen LogP) is 1.23. The maximum absolute atomic E-state index is 5.70. The molecule has 0 amide bonds. The lowest BCUT2D eigenvalue weighted by atomic mass is 10.2. The summed E-state index contributed by atoms with van der Waals surface area (Å²) in [5.74, 6) is 1.79. The van der Waals surface area contributed by atoms with Gasteiger partial charge in [0.25, 0.3) is 0 Å². The van der Waals surface area contributed by atoms with Crippen molar-refractivity contribution < 1.29 is 9.47 Å². The van der Waals surface area contributed by atoms with Crippen molar-refractivity contribution >= 4 is 22.8 Å². The molecule has 7 nitrogen and oxygen atoms in total. The van der Waals surface area contributed by atoms with Gasteiger partial charge in [0.05, 0.1) is 43.9 Å². The Morgan fingerprint density at radius 3 is 2.58 bits per heavy atom. The average Bonchev–Trinajstić information content (AvgIpc) is 2.90. The van der Waals surface area contributed by atoms with Crippen molar-refractivity contribution in [2.45, 2.75) is 24.9 Å². The standard InChI is InChI=1S/C17H21N5O2/c1-2-14-15(18-5-1)19-17(20-16(14)21-6-8-23-9-7-21)22-12-3-4-13(22)11-24-10-12/h1-2,5,12-13H,3-4,6-11H2/t12-,13+. The van der Waals surface area contributed by atoms with E-state index in [-0.39, 0.29) is 0 Å². The van der Waals surface area contributed by atoms with Crippen molar-refractivity contribution in [2.75, 3.05) is 49.3 Å². The number of nitrogens with zero attached hydrogens (tertiary/aromatic N) is 5. The summed E-state index contributed by atoms with van der Waals surface area (Å²) in [7, 11) is 0. The second-order valence-electron chi connectivity index (χ2n) is 6.65. The van der Waals surface area contributed by atoms with Gasteiger partial charge in [-0.05, 0) is 25.0 Å². The van der Waals surface area contributed by atoms with Gasteiger partial charge in [0.1, 0.15) is 5.82 Å². The Morgan fingerprint density at radius 1 is 1.00 bits per heavy atom. The fourth-order valence-corrected chi connectivity index (χ4v) is 4.02. The largest absolute Gasteiger partial charge is 0.378 e. The number of hydrogen-bond donors (Lipinski definition) is 0. The zero-order valence-electron chi connectivity index (χ0n) is 13.6. The predicted molar refractivity (Wildman–Crippen MR) is 90.5 cm³/mol. The second kappa shape index (κ2) is 5.82. The SMILES string of the molecule is c1cnc2nc(N3[C@@H]4CC[C@H]3COC4)nc(N3CCOCC3)c2c1. The Kier molecular flexibility index (Phi) is 3.48. The highest BCUT2D eigenvalue weighted by Crippen LogP contribution is 2.34. The molecule has 0 aromatic carbocycles. The van der Waals surface area contributed by atoms with E-state index in [9.17, 15) is 0 Å². The minimum atomic E-state index is 0.391. The van der Waals surface area contributed by atoms with E-state index in [0.29, 0.717) is 12.1 Å². The molecule has 3 saturated heterocycles. The molecule has 5 heterocycles. The number of ether oxygens (including phenoxy) is 2. The Balaban J connectivity index is 1.62. The molecule has 2 bridgehead atoms. The molecule has 7 heteroatoms. The van der Waals surface area contributed by atoms with Crippen LogP contribution in [0.2, 0.25) is 0 Å². The Morgan fingerprint density at radius 2 is 1.79 bits per heavy atom. The van der Waals surface area contributed by atoms with Crippen molar-refractivity contribution in [3.05, 3.63) is 18.3 Å². The van der Waals surface area contributed by atoms with Crippen LogP contribution in [0.3, 0.4) is 0 Å². The van der Waals surface area contributed by atoms with Gasteiger partial charge in [-0.25, -0.2) is 4.98 Å². The van der Waals surface area contributed by atoms with Gasteiger partial charge >= 0.3 is 0 Å². The number of morpholine rings is 2. The lowest BCUT2D eigenvalue weighted by Crippen LogP contribution is -2.47. The first-order valence-corrected chi connectivity index (χ1v) is 8.72. The van der Waals surface area contributed by atoms with Crippen molar-refractivity contribution in [1.29, 1.82) is 0 Å². The topological polar surface area (TPSA) is 63.6 Å². The fourth-order valence-electron chi connectivity index (χ4n) is 4.02. The first-order valence-electron chi connectivity index (χ1n) is 8.72. The van der Waals surface area contributed by atoms with Gasteiger partial charge in [-0.3, -0.25) is 0 Å². The minimum Gasteiger partial charge on any atom is -0.378 e. The molecule has 0 unspecified atom stereocenters. The molecule has 2 aromatic heterocycles. The Bertz CT molecular complexity index is 733. The van der Waals surface area contributed by atoms with Crippen LogP contribution in [-0.4, -0.2) is 66.6 Å². The van der Waals surface area contributed by atoms with E-state index in [2.05, 4.69) is 20.9 Å². The first-order chi connectivity index (χ1) is 11.9. The highest BCUT2D eigenvalue weighted by atomic mass is 16.5. The third kappa shape index (κ3) is 2.31. The van der Waals surface area contributed by atoms with E-state index >= 15 is 0 Å². The van der Waals surface area contributed by atoms with Crippen LogP contribution in [0.4, 0.5) is 11.8 Å². The van der Waals surface area contributed by atoms with Crippen molar-refractivity contribution in [2.24, 2.45) is 0 Å². The summed E-state index contributed by atoms with van der Waals surface area (Å²) >= 11 is 0. The van der Waals surface area contributed by atoms with Crippen LogP contribution in [0, 0.1) is 0 Å². The second-order valence-corrected chi connectivity index (χ2v) is 6.65. The van der Waals surface area contributed by atoms with Crippen LogP contribution < -0.4 is 9.80 Å². The molecule has 3 aliphatic heterocycles. The fraction of sp³-hybridized carbons (Fsp3) is 0.588. The monoisotopic (exact) mass is 327 g/mol. The van der Waals surface area contributed by atoms with E-state index in [1.54, 1.807) is 6.20 Å². The molecule has 0 saturated carbocycles. The van der Waals surface area contributed by atoms with E-state index in [4.69, 9.17) is 19.4 Å². The lowest BCUT2D eigenvalue weighted by molar-refractivity contribution is 0.0897. The van der Waals surface area contributed by atoms with Crippen molar-refractivity contribution in [3.63, 3.8) is 0 Å². The number of pyridine rings is 1. The van der Waals surface area contributed by atoms with Crippen LogP contribution in [0.25, 0.3) is 11.0 Å². The minimum absolute atomic E-state index is 0.391. The quantitative estimate of drug-likeness (QED) is 0.822. The molecule has 2 atom stereocenters. The van der Waals surface area contributed by atoms with Gasteiger partial charge in [-0.15, -0.1) is 0 Å². The van der Waals surface area contributed by atoms with Gasteiger partial charge in [0.2, 0.25) is 5.95 Å².